The topological polar surface area (TPSA) is 55.6 Å². The number of fused-ring (bicyclic) bond motifs is 1. The molecule has 0 radical (unpaired) electrons. The van der Waals surface area contributed by atoms with E-state index in [9.17, 15) is 14.0 Å². The summed E-state index contributed by atoms with van der Waals surface area (Å²) >= 11 is 0. The van der Waals surface area contributed by atoms with Crippen LogP contribution in [0.1, 0.15) is 27.2 Å². The number of carbonyl (C=O) groups is 2. The van der Waals surface area contributed by atoms with Crippen LogP contribution in [-0.4, -0.2) is 59.3 Å². The highest BCUT2D eigenvalue weighted by Crippen LogP contribution is 2.53. The van der Waals surface area contributed by atoms with Crippen LogP contribution in [-0.2, 0) is 19.1 Å². The molecular weight excluding hydrogens is 253 g/mol. The molecule has 3 fully saturated rings. The van der Waals surface area contributed by atoms with Crippen LogP contribution in [0, 0.1) is 0 Å². The van der Waals surface area contributed by atoms with Gasteiger partial charge in [0.15, 0.2) is 17.5 Å². The van der Waals surface area contributed by atoms with Crippen LogP contribution in [0.3, 0.4) is 0 Å². The van der Waals surface area contributed by atoms with Gasteiger partial charge in [-0.2, -0.15) is 0 Å². The summed E-state index contributed by atoms with van der Waals surface area (Å²) in [7, 11) is 0. The monoisotopic (exact) mass is 271 g/mol. The fraction of sp³-hybridized carbons (Fsp3) is 0.846. The summed E-state index contributed by atoms with van der Waals surface area (Å²) in [5.74, 6) is -0.834. The molecule has 0 spiro atoms. The van der Waals surface area contributed by atoms with Gasteiger partial charge >= 0.3 is 5.97 Å². The zero-order valence-electron chi connectivity index (χ0n) is 11.3. The Hall–Kier alpha value is -1.01. The first-order valence-electron chi connectivity index (χ1n) is 6.54. The molecule has 0 bridgehead atoms. The lowest BCUT2D eigenvalue weighted by molar-refractivity contribution is -0.165. The van der Waals surface area contributed by atoms with Gasteiger partial charge in [0.1, 0.15) is 5.60 Å². The maximum Gasteiger partial charge on any atom is 0.331 e. The van der Waals surface area contributed by atoms with Crippen molar-refractivity contribution in [3.63, 3.8) is 0 Å². The highest BCUT2D eigenvalue weighted by atomic mass is 19.1. The van der Waals surface area contributed by atoms with E-state index in [4.69, 9.17) is 9.47 Å². The predicted octanol–water partition coefficient (Wildman–Crippen LogP) is 0.461. The summed E-state index contributed by atoms with van der Waals surface area (Å²) in [6.07, 6.45) is -1.49. The van der Waals surface area contributed by atoms with Crippen molar-refractivity contribution < 1.29 is 23.5 Å². The minimum atomic E-state index is -1.55. The lowest BCUT2D eigenvalue weighted by Gasteiger charge is -2.32. The normalized spacial score (nSPS) is 44.5. The maximum atomic E-state index is 13.9. The molecule has 6 heteroatoms. The van der Waals surface area contributed by atoms with Gasteiger partial charge < -0.3 is 9.47 Å². The first-order chi connectivity index (χ1) is 8.77. The fourth-order valence-corrected chi connectivity index (χ4v) is 3.21. The molecule has 3 heterocycles. The summed E-state index contributed by atoms with van der Waals surface area (Å²) in [6, 6.07) is -0.887. The highest BCUT2D eigenvalue weighted by Gasteiger charge is 2.76. The minimum Gasteiger partial charge on any atom is -0.458 e. The SMILES string of the molecule is CC(C)(C)OC(=O)C12COC[C@@H]3[C@H](F)C(=O)CC1N32. The molecule has 19 heavy (non-hydrogen) atoms. The van der Waals surface area contributed by atoms with Crippen LogP contribution in [0.15, 0.2) is 0 Å². The first-order valence-corrected chi connectivity index (χ1v) is 6.54. The number of piperidine rings is 1. The number of hydrogen-bond donors (Lipinski definition) is 0. The number of hydrogen-bond acceptors (Lipinski definition) is 5. The van der Waals surface area contributed by atoms with Crippen LogP contribution in [0.2, 0.25) is 0 Å². The molecule has 0 aromatic rings. The average Bonchev–Trinajstić information content (AvgIpc) is 2.94. The smallest absolute Gasteiger partial charge is 0.331 e. The van der Waals surface area contributed by atoms with E-state index in [1.807, 2.05) is 0 Å². The summed E-state index contributed by atoms with van der Waals surface area (Å²) in [5.41, 5.74) is -1.54. The van der Waals surface area contributed by atoms with Gasteiger partial charge in [-0.05, 0) is 20.8 Å². The van der Waals surface area contributed by atoms with Crippen LogP contribution < -0.4 is 0 Å². The Balaban J connectivity index is 1.86. The van der Waals surface area contributed by atoms with Crippen molar-refractivity contribution in [1.82, 2.24) is 4.90 Å². The standard InChI is InChI=1S/C13H18FNO4/c1-12(2,3)19-11(17)13-6-18-5-7-10(14)8(16)4-9(13)15(7)13/h7,9-10H,4-6H2,1-3H3/t7-,9?,10+,13?,15?/m1/s1. The molecule has 0 aromatic carbocycles. The summed E-state index contributed by atoms with van der Waals surface area (Å²) in [5, 5.41) is 0. The third-order valence-electron chi connectivity index (χ3n) is 4.04. The van der Waals surface area contributed by atoms with E-state index in [-0.39, 0.29) is 25.7 Å². The second-order valence-corrected chi connectivity index (χ2v) is 6.50. The van der Waals surface area contributed by atoms with Gasteiger partial charge in [0, 0.05) is 12.5 Å². The van der Waals surface area contributed by atoms with Crippen LogP contribution in [0.4, 0.5) is 4.39 Å². The Morgan fingerprint density at radius 1 is 1.53 bits per heavy atom. The van der Waals surface area contributed by atoms with Crippen molar-refractivity contribution in [1.29, 1.82) is 0 Å². The Labute approximate surface area is 111 Å². The van der Waals surface area contributed by atoms with E-state index >= 15 is 0 Å². The largest absolute Gasteiger partial charge is 0.458 e. The number of rotatable bonds is 1. The van der Waals surface area contributed by atoms with Crippen molar-refractivity contribution in [3.05, 3.63) is 0 Å². The average molecular weight is 271 g/mol. The number of morpholine rings is 1. The molecular formula is C13H18FNO4. The second kappa shape index (κ2) is 3.76. The Kier molecular flexibility index (Phi) is 2.57. The number of ketones is 1. The van der Waals surface area contributed by atoms with Crippen molar-refractivity contribution in [2.45, 2.75) is 56.6 Å². The quantitative estimate of drug-likeness (QED) is 0.512. The van der Waals surface area contributed by atoms with Crippen LogP contribution in [0.25, 0.3) is 0 Å². The Bertz CT molecular complexity index is 446. The number of alkyl halides is 1. The molecule has 0 saturated carbocycles. The van der Waals surface area contributed by atoms with E-state index in [1.165, 1.54) is 0 Å². The number of carbonyl (C=O) groups excluding carboxylic acids is 2. The molecule has 5 nitrogen and oxygen atoms in total. The van der Waals surface area contributed by atoms with Gasteiger partial charge in [0.2, 0.25) is 0 Å². The summed E-state index contributed by atoms with van der Waals surface area (Å²) in [6.45, 7) is 5.70. The van der Waals surface area contributed by atoms with Gasteiger partial charge in [0.25, 0.3) is 0 Å². The summed E-state index contributed by atoms with van der Waals surface area (Å²) in [4.78, 5) is 25.7. The predicted molar refractivity (Wildman–Crippen MR) is 63.3 cm³/mol. The zero-order valence-corrected chi connectivity index (χ0v) is 11.3. The molecule has 0 amide bonds. The number of halogens is 1. The van der Waals surface area contributed by atoms with Gasteiger partial charge in [-0.3, -0.25) is 9.69 Å². The molecule has 0 aliphatic carbocycles. The maximum absolute atomic E-state index is 13.9. The van der Waals surface area contributed by atoms with Crippen molar-refractivity contribution in [2.24, 2.45) is 0 Å². The zero-order chi connectivity index (χ0) is 14.0. The third-order valence-corrected chi connectivity index (χ3v) is 4.04. The number of ether oxygens (including phenoxy) is 2. The lowest BCUT2D eigenvalue weighted by Crippen LogP contribution is -2.51. The molecule has 106 valence electrons. The molecule has 3 aliphatic heterocycles. The second-order valence-electron chi connectivity index (χ2n) is 6.50. The minimum absolute atomic E-state index is 0.0697. The molecule has 3 unspecified atom stereocenters. The molecule has 0 N–H and O–H groups in total. The Morgan fingerprint density at radius 2 is 2.21 bits per heavy atom. The van der Waals surface area contributed by atoms with Gasteiger partial charge in [-0.1, -0.05) is 0 Å². The van der Waals surface area contributed by atoms with E-state index in [2.05, 4.69) is 0 Å². The van der Waals surface area contributed by atoms with Crippen LogP contribution in [0.5, 0.6) is 0 Å². The molecule has 0 aromatic heterocycles. The third kappa shape index (κ3) is 1.73. The van der Waals surface area contributed by atoms with Crippen molar-refractivity contribution >= 4 is 11.8 Å². The molecule has 5 atom stereocenters. The number of nitrogens with zero attached hydrogens (tertiary/aromatic N) is 1. The van der Waals surface area contributed by atoms with E-state index in [0.717, 1.165) is 0 Å². The highest BCUT2D eigenvalue weighted by molar-refractivity contribution is 5.93. The van der Waals surface area contributed by atoms with E-state index < -0.39 is 35.1 Å². The van der Waals surface area contributed by atoms with Crippen molar-refractivity contribution in [3.8, 4) is 0 Å². The van der Waals surface area contributed by atoms with Crippen molar-refractivity contribution in [2.75, 3.05) is 13.2 Å². The molecule has 3 saturated heterocycles. The van der Waals surface area contributed by atoms with Crippen LogP contribution >= 0.6 is 0 Å². The lowest BCUT2D eigenvalue weighted by atomic mass is 9.99. The Morgan fingerprint density at radius 3 is 2.84 bits per heavy atom. The summed E-state index contributed by atoms with van der Waals surface area (Å²) < 4.78 is 24.6. The van der Waals surface area contributed by atoms with Gasteiger partial charge in [-0.25, -0.2) is 9.18 Å². The van der Waals surface area contributed by atoms with E-state index in [1.54, 1.807) is 25.7 Å². The van der Waals surface area contributed by atoms with Gasteiger partial charge in [-0.15, -0.1) is 0 Å². The first kappa shape index (κ1) is 13.0. The van der Waals surface area contributed by atoms with Gasteiger partial charge in [0.05, 0.1) is 19.3 Å². The number of esters is 1. The molecule has 3 rings (SSSR count). The fourth-order valence-electron chi connectivity index (χ4n) is 3.21. The number of Topliss-reactive ketones (excluding diaryl/α,β-unsaturated/α-hetero) is 1. The van der Waals surface area contributed by atoms with E-state index in [0.29, 0.717) is 0 Å². The molecule has 3 aliphatic rings.